The maximum Gasteiger partial charge on any atom is 0.238 e. The zero-order valence-electron chi connectivity index (χ0n) is 12.3. The first-order chi connectivity index (χ1) is 9.70. The first-order valence-corrected chi connectivity index (χ1v) is 7.74. The number of hydrogen-bond donors (Lipinski definition) is 1. The summed E-state index contributed by atoms with van der Waals surface area (Å²) < 4.78 is 28.8. The number of sulfonamides is 1. The van der Waals surface area contributed by atoms with Crippen LogP contribution in [0.15, 0.2) is 11.0 Å². The fraction of sp³-hybridized carbons (Fsp3) is 0.417. The van der Waals surface area contributed by atoms with Gasteiger partial charge in [0.05, 0.1) is 11.9 Å². The minimum absolute atomic E-state index is 0.113. The largest absolute Gasteiger partial charge is 0.485 e. The highest BCUT2D eigenvalue weighted by molar-refractivity contribution is 7.89. The van der Waals surface area contributed by atoms with Gasteiger partial charge in [-0.3, -0.25) is 0 Å². The van der Waals surface area contributed by atoms with E-state index in [4.69, 9.17) is 9.88 Å². The standard InChI is InChI=1S/C12H17N5O3S/c1-7-5-10(21(13,18)19)8(2)9(3)12(7)20-6-11-14-16-17(4)15-11/h5H,6H2,1-4H3,(H2,13,18,19). The third-order valence-corrected chi connectivity index (χ3v) is 4.22. The van der Waals surface area contributed by atoms with Crippen molar-refractivity contribution in [1.29, 1.82) is 0 Å². The minimum atomic E-state index is -3.75. The third kappa shape index (κ3) is 3.19. The lowest BCUT2D eigenvalue weighted by Gasteiger charge is -2.15. The second-order valence-electron chi connectivity index (χ2n) is 4.80. The van der Waals surface area contributed by atoms with Crippen LogP contribution >= 0.6 is 0 Å². The number of aromatic nitrogens is 4. The molecule has 21 heavy (non-hydrogen) atoms. The van der Waals surface area contributed by atoms with Crippen molar-refractivity contribution >= 4 is 10.0 Å². The summed E-state index contributed by atoms with van der Waals surface area (Å²) in [6.45, 7) is 5.41. The van der Waals surface area contributed by atoms with Gasteiger partial charge in [-0.25, -0.2) is 13.6 Å². The van der Waals surface area contributed by atoms with Crippen LogP contribution in [-0.4, -0.2) is 28.6 Å². The van der Waals surface area contributed by atoms with E-state index in [1.54, 1.807) is 27.8 Å². The summed E-state index contributed by atoms with van der Waals surface area (Å²) in [7, 11) is -2.09. The second kappa shape index (κ2) is 5.41. The highest BCUT2D eigenvalue weighted by Gasteiger charge is 2.18. The van der Waals surface area contributed by atoms with Crippen LogP contribution < -0.4 is 9.88 Å². The number of benzene rings is 1. The van der Waals surface area contributed by atoms with E-state index in [1.165, 1.54) is 10.9 Å². The average molecular weight is 311 g/mol. The van der Waals surface area contributed by atoms with Crippen molar-refractivity contribution in [3.8, 4) is 5.75 Å². The van der Waals surface area contributed by atoms with Gasteiger partial charge in [-0.15, -0.1) is 10.2 Å². The van der Waals surface area contributed by atoms with Gasteiger partial charge in [-0.2, -0.15) is 4.80 Å². The molecule has 9 heteroatoms. The van der Waals surface area contributed by atoms with Crippen LogP contribution in [0.4, 0.5) is 0 Å². The molecule has 0 aliphatic heterocycles. The van der Waals surface area contributed by atoms with Gasteiger partial charge in [0.2, 0.25) is 15.8 Å². The Bertz CT molecular complexity index is 782. The van der Waals surface area contributed by atoms with E-state index in [9.17, 15) is 8.42 Å². The SMILES string of the molecule is Cc1cc(S(N)(=O)=O)c(C)c(C)c1OCc1nnn(C)n1. The van der Waals surface area contributed by atoms with Gasteiger partial charge in [0.15, 0.2) is 6.61 Å². The van der Waals surface area contributed by atoms with Crippen molar-refractivity contribution in [2.24, 2.45) is 12.2 Å². The minimum Gasteiger partial charge on any atom is -0.485 e. The molecule has 0 aliphatic carbocycles. The van der Waals surface area contributed by atoms with Crippen molar-refractivity contribution in [1.82, 2.24) is 20.2 Å². The highest BCUT2D eigenvalue weighted by Crippen LogP contribution is 2.31. The third-order valence-electron chi connectivity index (χ3n) is 3.18. The van der Waals surface area contributed by atoms with Crippen LogP contribution in [0, 0.1) is 20.8 Å². The fourth-order valence-corrected chi connectivity index (χ4v) is 2.98. The molecule has 0 amide bonds. The van der Waals surface area contributed by atoms with Crippen molar-refractivity contribution in [2.75, 3.05) is 0 Å². The van der Waals surface area contributed by atoms with Gasteiger partial charge in [0.1, 0.15) is 5.75 Å². The predicted octanol–water partition coefficient (Wildman–Crippen LogP) is 0.362. The van der Waals surface area contributed by atoms with Crippen molar-refractivity contribution in [2.45, 2.75) is 32.3 Å². The number of primary sulfonamides is 1. The van der Waals surface area contributed by atoms with E-state index in [-0.39, 0.29) is 11.5 Å². The molecule has 8 nitrogen and oxygen atoms in total. The Kier molecular flexibility index (Phi) is 3.97. The summed E-state index contributed by atoms with van der Waals surface area (Å²) in [5.74, 6) is 1.05. The summed E-state index contributed by atoms with van der Waals surface area (Å²) in [4.78, 5) is 1.45. The molecule has 0 bridgehead atoms. The first kappa shape index (κ1) is 15.4. The fourth-order valence-electron chi connectivity index (χ4n) is 2.06. The lowest BCUT2D eigenvalue weighted by atomic mass is 10.1. The van der Waals surface area contributed by atoms with Crippen molar-refractivity contribution < 1.29 is 13.2 Å². The maximum atomic E-state index is 11.6. The molecule has 1 heterocycles. The predicted molar refractivity (Wildman–Crippen MR) is 75.2 cm³/mol. The quantitative estimate of drug-likeness (QED) is 0.872. The van der Waals surface area contributed by atoms with Gasteiger partial charge in [0, 0.05) is 0 Å². The van der Waals surface area contributed by atoms with Crippen molar-refractivity contribution in [3.63, 3.8) is 0 Å². The van der Waals surface area contributed by atoms with E-state index < -0.39 is 10.0 Å². The lowest BCUT2D eigenvalue weighted by molar-refractivity contribution is 0.291. The number of tetrazole rings is 1. The average Bonchev–Trinajstić information content (AvgIpc) is 2.78. The maximum absolute atomic E-state index is 11.6. The Morgan fingerprint density at radius 2 is 1.95 bits per heavy atom. The molecule has 0 unspecified atom stereocenters. The zero-order chi connectivity index (χ0) is 15.8. The molecule has 0 radical (unpaired) electrons. The Labute approximate surface area is 123 Å². The number of aryl methyl sites for hydroxylation is 2. The van der Waals surface area contributed by atoms with Gasteiger partial charge in [-0.1, -0.05) is 0 Å². The molecule has 2 N–H and O–H groups in total. The number of rotatable bonds is 4. The van der Waals surface area contributed by atoms with Crippen LogP contribution in [0.5, 0.6) is 5.75 Å². The Balaban J connectivity index is 2.35. The molecule has 0 spiro atoms. The molecule has 0 saturated heterocycles. The molecule has 0 atom stereocenters. The molecule has 0 fully saturated rings. The molecule has 1 aromatic heterocycles. The van der Waals surface area contributed by atoms with Crippen LogP contribution in [0.3, 0.4) is 0 Å². The second-order valence-corrected chi connectivity index (χ2v) is 6.33. The Morgan fingerprint density at radius 3 is 2.48 bits per heavy atom. The van der Waals surface area contributed by atoms with Crippen LogP contribution in [0.1, 0.15) is 22.5 Å². The number of ether oxygens (including phenoxy) is 1. The normalized spacial score (nSPS) is 11.7. The summed E-state index contributed by atoms with van der Waals surface area (Å²) in [6.07, 6.45) is 0. The van der Waals surface area contributed by atoms with Crippen LogP contribution in [0.2, 0.25) is 0 Å². The first-order valence-electron chi connectivity index (χ1n) is 6.19. The number of nitrogens with zero attached hydrogens (tertiary/aromatic N) is 4. The molecule has 0 saturated carbocycles. The van der Waals surface area contributed by atoms with Gasteiger partial charge in [0.25, 0.3) is 0 Å². The summed E-state index contributed by atoms with van der Waals surface area (Å²) in [5.41, 5.74) is 1.99. The van der Waals surface area contributed by atoms with Crippen LogP contribution in [-0.2, 0) is 23.7 Å². The van der Waals surface area contributed by atoms with E-state index in [0.29, 0.717) is 22.7 Å². The lowest BCUT2D eigenvalue weighted by Crippen LogP contribution is -2.15. The van der Waals surface area contributed by atoms with E-state index >= 15 is 0 Å². The van der Waals surface area contributed by atoms with E-state index in [1.807, 2.05) is 0 Å². The van der Waals surface area contributed by atoms with Gasteiger partial charge in [-0.05, 0) is 48.7 Å². The number of nitrogens with two attached hydrogens (primary N) is 1. The summed E-state index contributed by atoms with van der Waals surface area (Å²) >= 11 is 0. The summed E-state index contributed by atoms with van der Waals surface area (Å²) in [6, 6.07) is 1.51. The van der Waals surface area contributed by atoms with Crippen LogP contribution in [0.25, 0.3) is 0 Å². The molecule has 2 aromatic rings. The van der Waals surface area contributed by atoms with E-state index in [2.05, 4.69) is 15.4 Å². The summed E-state index contributed by atoms with van der Waals surface area (Å²) in [5, 5.41) is 16.8. The Morgan fingerprint density at radius 1 is 1.29 bits per heavy atom. The van der Waals surface area contributed by atoms with E-state index in [0.717, 1.165) is 5.56 Å². The highest BCUT2D eigenvalue weighted by atomic mass is 32.2. The number of hydrogen-bond acceptors (Lipinski definition) is 6. The topological polar surface area (TPSA) is 113 Å². The van der Waals surface area contributed by atoms with Crippen molar-refractivity contribution in [3.05, 3.63) is 28.6 Å². The molecular weight excluding hydrogens is 294 g/mol. The van der Waals surface area contributed by atoms with Gasteiger partial charge >= 0.3 is 0 Å². The zero-order valence-corrected chi connectivity index (χ0v) is 13.1. The monoisotopic (exact) mass is 311 g/mol. The van der Waals surface area contributed by atoms with Gasteiger partial charge < -0.3 is 4.74 Å². The smallest absolute Gasteiger partial charge is 0.238 e. The molecule has 0 aliphatic rings. The molecular formula is C12H17N5O3S. The Hall–Kier alpha value is -2.00. The molecule has 114 valence electrons. The molecule has 2 rings (SSSR count). The molecule has 1 aromatic carbocycles.